The second-order valence-electron chi connectivity index (χ2n) is 3.40. The van der Waals surface area contributed by atoms with Gasteiger partial charge in [-0.3, -0.25) is 0 Å². The van der Waals surface area contributed by atoms with Crippen molar-refractivity contribution in [2.75, 3.05) is 13.1 Å². The first-order valence-electron chi connectivity index (χ1n) is 4.44. The minimum absolute atomic E-state index is 0.507. The van der Waals surface area contributed by atoms with Gasteiger partial charge in [-0.05, 0) is 31.2 Å². The Balaban J connectivity index is 1.93. The number of nitrogens with one attached hydrogen (secondary N) is 1. The van der Waals surface area contributed by atoms with Crippen LogP contribution in [-0.2, 0) is 0 Å². The van der Waals surface area contributed by atoms with Crippen LogP contribution in [0, 0.1) is 23.2 Å². The predicted octanol–water partition coefficient (Wildman–Crippen LogP) is 1.54. The molecule has 1 saturated carbocycles. The largest absolute Gasteiger partial charge is 0.304 e. The quantitative estimate of drug-likeness (QED) is 0.490. The van der Waals surface area contributed by atoms with Gasteiger partial charge in [0.2, 0.25) is 0 Å². The van der Waals surface area contributed by atoms with Crippen LogP contribution in [-0.4, -0.2) is 13.1 Å². The molecule has 0 heterocycles. The minimum Gasteiger partial charge on any atom is -0.304 e. The Labute approximate surface area is 68.6 Å². The molecule has 0 aliphatic heterocycles. The summed E-state index contributed by atoms with van der Waals surface area (Å²) in [4.78, 5) is 0. The monoisotopic (exact) mass is 152 g/mol. The van der Waals surface area contributed by atoms with Crippen LogP contribution in [0.25, 0.3) is 0 Å². The maximum atomic E-state index is 8.26. The van der Waals surface area contributed by atoms with Crippen LogP contribution < -0.4 is 5.32 Å². The van der Waals surface area contributed by atoms with Crippen molar-refractivity contribution < 1.29 is 0 Å². The fraction of sp³-hybridized carbons (Fsp3) is 0.889. The van der Waals surface area contributed by atoms with Gasteiger partial charge < -0.3 is 5.32 Å². The van der Waals surface area contributed by atoms with Crippen LogP contribution in [0.2, 0.25) is 0 Å². The lowest BCUT2D eigenvalue weighted by molar-refractivity contribution is 0.185. The fourth-order valence-electron chi connectivity index (χ4n) is 1.71. The molecular formula is C9H16N2. The highest BCUT2D eigenvalue weighted by atomic mass is 14.9. The van der Waals surface area contributed by atoms with Gasteiger partial charge in [0.05, 0.1) is 12.6 Å². The molecule has 1 N–H and O–H groups in total. The number of hydrogen-bond acceptors (Lipinski definition) is 2. The molecule has 0 saturated heterocycles. The molecule has 0 amide bonds. The molecular weight excluding hydrogens is 136 g/mol. The van der Waals surface area contributed by atoms with E-state index in [9.17, 15) is 0 Å². The van der Waals surface area contributed by atoms with E-state index >= 15 is 0 Å². The third-order valence-corrected chi connectivity index (χ3v) is 2.55. The highest BCUT2D eigenvalue weighted by molar-refractivity contribution is 4.82. The molecule has 1 aliphatic rings. The van der Waals surface area contributed by atoms with Crippen LogP contribution >= 0.6 is 0 Å². The van der Waals surface area contributed by atoms with Gasteiger partial charge in [-0.25, -0.2) is 0 Å². The maximum Gasteiger partial charge on any atom is 0.0841 e. The lowest BCUT2D eigenvalue weighted by Gasteiger charge is -2.34. The van der Waals surface area contributed by atoms with Crippen molar-refractivity contribution in [1.82, 2.24) is 5.32 Å². The third kappa shape index (κ3) is 2.51. The number of nitrogens with zero attached hydrogens (tertiary/aromatic N) is 1. The molecule has 0 aromatic carbocycles. The van der Waals surface area contributed by atoms with Crippen LogP contribution in [0.4, 0.5) is 0 Å². The van der Waals surface area contributed by atoms with Gasteiger partial charge >= 0.3 is 0 Å². The smallest absolute Gasteiger partial charge is 0.0841 e. The summed E-state index contributed by atoms with van der Waals surface area (Å²) in [5.74, 6) is 1.83. The predicted molar refractivity (Wildman–Crippen MR) is 45.0 cm³/mol. The summed E-state index contributed by atoms with van der Waals surface area (Å²) in [7, 11) is 0. The Morgan fingerprint density at radius 2 is 2.18 bits per heavy atom. The van der Waals surface area contributed by atoms with Gasteiger partial charge in [0, 0.05) is 0 Å². The van der Waals surface area contributed by atoms with Crippen LogP contribution in [0.15, 0.2) is 0 Å². The Kier molecular flexibility index (Phi) is 3.38. The average Bonchev–Trinajstić information content (AvgIpc) is 1.94. The van der Waals surface area contributed by atoms with E-state index < -0.39 is 0 Å². The summed E-state index contributed by atoms with van der Waals surface area (Å²) in [6, 6.07) is 2.09. The molecule has 0 spiro atoms. The van der Waals surface area contributed by atoms with Gasteiger partial charge in [0.25, 0.3) is 0 Å². The van der Waals surface area contributed by atoms with Gasteiger partial charge in [0.15, 0.2) is 0 Å². The van der Waals surface area contributed by atoms with Crippen molar-refractivity contribution >= 4 is 0 Å². The van der Waals surface area contributed by atoms with Gasteiger partial charge in [-0.15, -0.1) is 0 Å². The Morgan fingerprint density at radius 1 is 1.45 bits per heavy atom. The molecule has 1 fully saturated rings. The summed E-state index contributed by atoms with van der Waals surface area (Å²) in [5.41, 5.74) is 0. The first-order valence-corrected chi connectivity index (χ1v) is 4.44. The highest BCUT2D eigenvalue weighted by Gasteiger charge is 2.26. The third-order valence-electron chi connectivity index (χ3n) is 2.55. The molecule has 1 aliphatic carbocycles. The standard InChI is InChI=1S/C9H16N2/c1-2-8-5-9(6-8)7-11-4-3-10/h8-9,11H,2,4-7H2,1H3. The zero-order chi connectivity index (χ0) is 8.10. The fourth-order valence-corrected chi connectivity index (χ4v) is 1.71. The lowest BCUT2D eigenvalue weighted by atomic mass is 9.73. The van der Waals surface area contributed by atoms with Gasteiger partial charge in [-0.1, -0.05) is 13.3 Å². The van der Waals surface area contributed by atoms with Crippen molar-refractivity contribution in [2.24, 2.45) is 11.8 Å². The summed E-state index contributed by atoms with van der Waals surface area (Å²) in [5, 5.41) is 11.4. The molecule has 0 unspecified atom stereocenters. The molecule has 1 rings (SSSR count). The molecule has 0 aromatic heterocycles. The van der Waals surface area contributed by atoms with Crippen molar-refractivity contribution in [3.8, 4) is 6.07 Å². The summed E-state index contributed by atoms with van der Waals surface area (Å²) >= 11 is 0. The molecule has 0 radical (unpaired) electrons. The number of rotatable bonds is 4. The number of nitriles is 1. The topological polar surface area (TPSA) is 35.8 Å². The second kappa shape index (κ2) is 4.35. The first kappa shape index (κ1) is 8.55. The lowest BCUT2D eigenvalue weighted by Crippen LogP contribution is -2.32. The van der Waals surface area contributed by atoms with E-state index in [1.807, 2.05) is 0 Å². The summed E-state index contributed by atoms with van der Waals surface area (Å²) in [6.45, 7) is 3.81. The van der Waals surface area contributed by atoms with E-state index in [4.69, 9.17) is 5.26 Å². The minimum atomic E-state index is 0.507. The SMILES string of the molecule is CCC1CC(CNCC#N)C1. The van der Waals surface area contributed by atoms with Crippen molar-refractivity contribution in [1.29, 1.82) is 5.26 Å². The normalized spacial score (nSPS) is 29.1. The highest BCUT2D eigenvalue weighted by Crippen LogP contribution is 2.34. The molecule has 0 bridgehead atoms. The van der Waals surface area contributed by atoms with Crippen LogP contribution in [0.5, 0.6) is 0 Å². The van der Waals surface area contributed by atoms with E-state index in [1.165, 1.54) is 19.3 Å². The van der Waals surface area contributed by atoms with Crippen molar-refractivity contribution in [3.63, 3.8) is 0 Å². The Bertz CT molecular complexity index is 142. The van der Waals surface area contributed by atoms with E-state index in [0.29, 0.717) is 6.54 Å². The van der Waals surface area contributed by atoms with E-state index in [-0.39, 0.29) is 0 Å². The molecule has 2 nitrogen and oxygen atoms in total. The Morgan fingerprint density at radius 3 is 2.73 bits per heavy atom. The summed E-state index contributed by atoms with van der Waals surface area (Å²) in [6.07, 6.45) is 4.07. The van der Waals surface area contributed by atoms with E-state index in [1.54, 1.807) is 0 Å². The molecule has 2 heteroatoms. The average molecular weight is 152 g/mol. The van der Waals surface area contributed by atoms with E-state index in [0.717, 1.165) is 18.4 Å². The first-order chi connectivity index (χ1) is 5.36. The number of hydrogen-bond donors (Lipinski definition) is 1. The molecule has 11 heavy (non-hydrogen) atoms. The van der Waals surface area contributed by atoms with Gasteiger partial charge in [0.1, 0.15) is 0 Å². The Hall–Kier alpha value is -0.550. The van der Waals surface area contributed by atoms with Crippen LogP contribution in [0.3, 0.4) is 0 Å². The van der Waals surface area contributed by atoms with E-state index in [2.05, 4.69) is 18.3 Å². The van der Waals surface area contributed by atoms with Crippen LogP contribution in [0.1, 0.15) is 26.2 Å². The zero-order valence-corrected chi connectivity index (χ0v) is 7.14. The molecule has 0 atom stereocenters. The molecule has 0 aromatic rings. The van der Waals surface area contributed by atoms with Gasteiger partial charge in [-0.2, -0.15) is 5.26 Å². The molecule has 62 valence electrons. The summed E-state index contributed by atoms with van der Waals surface area (Å²) < 4.78 is 0. The maximum absolute atomic E-state index is 8.26. The van der Waals surface area contributed by atoms with Crippen molar-refractivity contribution in [2.45, 2.75) is 26.2 Å². The zero-order valence-electron chi connectivity index (χ0n) is 7.14. The second-order valence-corrected chi connectivity index (χ2v) is 3.40. The van der Waals surface area contributed by atoms with Crippen molar-refractivity contribution in [3.05, 3.63) is 0 Å².